The first-order chi connectivity index (χ1) is 7.44. The highest BCUT2D eigenvalue weighted by molar-refractivity contribution is 5.03. The Kier molecular flexibility index (Phi) is 4.50. The topological polar surface area (TPSA) is 50.1 Å². The average molecular weight is 225 g/mol. The fourth-order valence-electron chi connectivity index (χ4n) is 1.35. The van der Waals surface area contributed by atoms with Crippen molar-refractivity contribution in [3.8, 4) is 0 Å². The van der Waals surface area contributed by atoms with Crippen LogP contribution in [-0.4, -0.2) is 28.0 Å². The third kappa shape index (κ3) is 3.94. The summed E-state index contributed by atoms with van der Waals surface area (Å²) in [7, 11) is 0. The zero-order valence-corrected chi connectivity index (χ0v) is 10.7. The Labute approximate surface area is 97.7 Å². The van der Waals surface area contributed by atoms with Gasteiger partial charge in [-0.1, -0.05) is 13.8 Å². The summed E-state index contributed by atoms with van der Waals surface area (Å²) in [4.78, 5) is 0. The molecule has 0 saturated carbocycles. The van der Waals surface area contributed by atoms with Gasteiger partial charge in [-0.05, 0) is 13.8 Å². The summed E-state index contributed by atoms with van der Waals surface area (Å²) < 4.78 is 1.95. The highest BCUT2D eigenvalue weighted by atomic mass is 16.3. The van der Waals surface area contributed by atoms with Gasteiger partial charge in [0, 0.05) is 42.9 Å². The van der Waals surface area contributed by atoms with Crippen LogP contribution in [0, 0.1) is 5.41 Å². The molecule has 0 bridgehead atoms. The Hall–Kier alpha value is -0.870. The molecule has 0 aliphatic heterocycles. The van der Waals surface area contributed by atoms with Crippen molar-refractivity contribution in [1.82, 2.24) is 15.1 Å². The van der Waals surface area contributed by atoms with Gasteiger partial charge in [0.05, 0.1) is 6.20 Å². The van der Waals surface area contributed by atoms with E-state index in [4.69, 9.17) is 5.11 Å². The molecule has 16 heavy (non-hydrogen) atoms. The van der Waals surface area contributed by atoms with E-state index < -0.39 is 0 Å². The summed E-state index contributed by atoms with van der Waals surface area (Å²) in [6.45, 7) is 10.1. The van der Waals surface area contributed by atoms with Crippen LogP contribution < -0.4 is 5.32 Å². The van der Waals surface area contributed by atoms with E-state index in [9.17, 15) is 0 Å². The second kappa shape index (κ2) is 5.46. The second-order valence-corrected chi connectivity index (χ2v) is 5.35. The van der Waals surface area contributed by atoms with E-state index in [2.05, 4.69) is 30.5 Å². The summed E-state index contributed by atoms with van der Waals surface area (Å²) in [5.41, 5.74) is 1.12. The maximum atomic E-state index is 9.11. The van der Waals surface area contributed by atoms with Gasteiger partial charge in [0.15, 0.2) is 0 Å². The van der Waals surface area contributed by atoms with Crippen LogP contribution in [0.5, 0.6) is 0 Å². The monoisotopic (exact) mass is 225 g/mol. The number of aliphatic hydroxyl groups excluding tert-OH is 1. The number of aromatic nitrogens is 2. The largest absolute Gasteiger partial charge is 0.396 e. The van der Waals surface area contributed by atoms with Crippen LogP contribution in [0.2, 0.25) is 0 Å². The molecule has 1 aromatic rings. The van der Waals surface area contributed by atoms with E-state index in [0.29, 0.717) is 6.04 Å². The van der Waals surface area contributed by atoms with Crippen LogP contribution >= 0.6 is 0 Å². The highest BCUT2D eigenvalue weighted by Gasteiger charge is 2.15. The summed E-state index contributed by atoms with van der Waals surface area (Å²) in [6.07, 6.45) is 3.95. The van der Waals surface area contributed by atoms with E-state index in [1.165, 1.54) is 5.56 Å². The van der Waals surface area contributed by atoms with Gasteiger partial charge in [0.2, 0.25) is 0 Å². The highest BCUT2D eigenvalue weighted by Crippen LogP contribution is 2.12. The Balaban J connectivity index is 2.37. The molecule has 92 valence electrons. The van der Waals surface area contributed by atoms with Crippen LogP contribution in [0.25, 0.3) is 0 Å². The predicted octanol–water partition coefficient (Wildman–Crippen LogP) is 1.57. The predicted molar refractivity (Wildman–Crippen MR) is 65.2 cm³/mol. The number of hydrogen-bond donors (Lipinski definition) is 2. The number of aliphatic hydroxyl groups is 1. The third-order valence-corrected chi connectivity index (χ3v) is 2.54. The maximum absolute atomic E-state index is 9.11. The number of nitrogens with zero attached hydrogens (tertiary/aromatic N) is 2. The van der Waals surface area contributed by atoms with Crippen molar-refractivity contribution >= 4 is 0 Å². The normalized spacial score (nSPS) is 12.4. The molecule has 0 amide bonds. The van der Waals surface area contributed by atoms with Gasteiger partial charge in [0.25, 0.3) is 0 Å². The van der Waals surface area contributed by atoms with Gasteiger partial charge >= 0.3 is 0 Å². The molecule has 0 aliphatic carbocycles. The van der Waals surface area contributed by atoms with Crippen molar-refractivity contribution in [1.29, 1.82) is 0 Å². The van der Waals surface area contributed by atoms with Gasteiger partial charge in [-0.2, -0.15) is 5.10 Å². The Bertz CT molecular complexity index is 318. The van der Waals surface area contributed by atoms with E-state index in [1.54, 1.807) is 0 Å². The standard InChI is InChI=1S/C12H23N3O/c1-10(2)15-7-11(6-14-15)5-13-8-12(3,4)9-16/h6-7,10,13,16H,5,8-9H2,1-4H3. The number of hydrogen-bond acceptors (Lipinski definition) is 3. The molecule has 0 aliphatic rings. The van der Waals surface area contributed by atoms with Crippen molar-refractivity contribution in [3.63, 3.8) is 0 Å². The van der Waals surface area contributed by atoms with Crippen molar-refractivity contribution in [2.24, 2.45) is 5.41 Å². The van der Waals surface area contributed by atoms with Crippen molar-refractivity contribution in [2.75, 3.05) is 13.2 Å². The molecule has 2 N–H and O–H groups in total. The van der Waals surface area contributed by atoms with Crippen molar-refractivity contribution < 1.29 is 5.11 Å². The SMILES string of the molecule is CC(C)n1cc(CNCC(C)(C)CO)cn1. The molecule has 0 aromatic carbocycles. The van der Waals surface area contributed by atoms with Crippen LogP contribution in [0.3, 0.4) is 0 Å². The van der Waals surface area contributed by atoms with E-state index >= 15 is 0 Å². The Morgan fingerprint density at radius 2 is 2.19 bits per heavy atom. The molecular weight excluding hydrogens is 202 g/mol. The molecule has 0 radical (unpaired) electrons. The maximum Gasteiger partial charge on any atom is 0.0534 e. The van der Waals surface area contributed by atoms with Gasteiger partial charge in [-0.3, -0.25) is 4.68 Å². The molecule has 1 heterocycles. The third-order valence-electron chi connectivity index (χ3n) is 2.54. The summed E-state index contributed by atoms with van der Waals surface area (Å²) in [5, 5.41) is 16.7. The lowest BCUT2D eigenvalue weighted by atomic mass is 9.95. The Morgan fingerprint density at radius 3 is 2.69 bits per heavy atom. The Morgan fingerprint density at radius 1 is 1.50 bits per heavy atom. The van der Waals surface area contributed by atoms with Crippen LogP contribution in [0.15, 0.2) is 12.4 Å². The molecule has 0 atom stereocenters. The quantitative estimate of drug-likeness (QED) is 0.772. The fourth-order valence-corrected chi connectivity index (χ4v) is 1.35. The smallest absolute Gasteiger partial charge is 0.0534 e. The second-order valence-electron chi connectivity index (χ2n) is 5.35. The van der Waals surface area contributed by atoms with Crippen LogP contribution in [0.1, 0.15) is 39.3 Å². The van der Waals surface area contributed by atoms with Gasteiger partial charge < -0.3 is 10.4 Å². The summed E-state index contributed by atoms with van der Waals surface area (Å²) in [5.74, 6) is 0. The summed E-state index contributed by atoms with van der Waals surface area (Å²) >= 11 is 0. The lowest BCUT2D eigenvalue weighted by molar-refractivity contribution is 0.156. The fraction of sp³-hybridized carbons (Fsp3) is 0.750. The minimum absolute atomic E-state index is 0.0615. The minimum Gasteiger partial charge on any atom is -0.396 e. The van der Waals surface area contributed by atoms with Crippen molar-refractivity contribution in [3.05, 3.63) is 18.0 Å². The van der Waals surface area contributed by atoms with Gasteiger partial charge in [-0.25, -0.2) is 0 Å². The molecule has 4 heteroatoms. The number of rotatable bonds is 6. The molecule has 0 saturated heterocycles. The van der Waals surface area contributed by atoms with Crippen molar-refractivity contribution in [2.45, 2.75) is 40.3 Å². The molecule has 4 nitrogen and oxygen atoms in total. The minimum atomic E-state index is -0.0615. The first kappa shape index (κ1) is 13.2. The van der Waals surface area contributed by atoms with Crippen LogP contribution in [-0.2, 0) is 6.54 Å². The first-order valence-corrected chi connectivity index (χ1v) is 5.79. The molecule has 0 unspecified atom stereocenters. The molecule has 1 aromatic heterocycles. The summed E-state index contributed by atoms with van der Waals surface area (Å²) in [6, 6.07) is 0.405. The lowest BCUT2D eigenvalue weighted by Crippen LogP contribution is -2.31. The van der Waals surface area contributed by atoms with E-state index in [-0.39, 0.29) is 12.0 Å². The zero-order chi connectivity index (χ0) is 12.2. The molecule has 0 fully saturated rings. The molecular formula is C12H23N3O. The first-order valence-electron chi connectivity index (χ1n) is 5.79. The molecule has 0 spiro atoms. The van der Waals surface area contributed by atoms with E-state index in [1.807, 2.05) is 24.7 Å². The zero-order valence-electron chi connectivity index (χ0n) is 10.7. The van der Waals surface area contributed by atoms with Gasteiger partial charge in [-0.15, -0.1) is 0 Å². The molecule has 1 rings (SSSR count). The number of nitrogens with one attached hydrogen (secondary N) is 1. The average Bonchev–Trinajstić information content (AvgIpc) is 2.66. The van der Waals surface area contributed by atoms with Gasteiger partial charge in [0.1, 0.15) is 0 Å². The van der Waals surface area contributed by atoms with Crippen LogP contribution in [0.4, 0.5) is 0 Å². The van der Waals surface area contributed by atoms with E-state index in [0.717, 1.165) is 13.1 Å². The lowest BCUT2D eigenvalue weighted by Gasteiger charge is -2.21.